The number of methoxy groups -OCH3 is 1. The van der Waals surface area contributed by atoms with Crippen molar-refractivity contribution in [2.24, 2.45) is 0 Å². The van der Waals surface area contributed by atoms with Crippen LogP contribution in [0.5, 0.6) is 11.5 Å². The molecule has 0 aliphatic carbocycles. The van der Waals surface area contributed by atoms with Crippen molar-refractivity contribution in [2.45, 2.75) is 52.1 Å². The van der Waals surface area contributed by atoms with Crippen LogP contribution in [0.1, 0.15) is 51.0 Å². The number of hydrogen-bond donors (Lipinski definition) is 1. The standard InChI is InChI=1S/C16H25ClO3/c1-3-4-5-6-7-8-9-20-16-14(17)10-13(12-18)11-15(16)19-2/h10-11,18H,3-9,12H2,1-2H3. The third-order valence-electron chi connectivity index (χ3n) is 3.22. The average molecular weight is 301 g/mol. The van der Waals surface area contributed by atoms with Gasteiger partial charge < -0.3 is 14.6 Å². The summed E-state index contributed by atoms with van der Waals surface area (Å²) in [6.45, 7) is 2.79. The van der Waals surface area contributed by atoms with Gasteiger partial charge in [0.05, 0.1) is 25.3 Å². The van der Waals surface area contributed by atoms with Crippen molar-refractivity contribution in [3.05, 3.63) is 22.7 Å². The zero-order chi connectivity index (χ0) is 14.8. The molecular weight excluding hydrogens is 276 g/mol. The summed E-state index contributed by atoms with van der Waals surface area (Å²) in [6, 6.07) is 3.46. The van der Waals surface area contributed by atoms with Gasteiger partial charge in [0.25, 0.3) is 0 Å². The maximum atomic E-state index is 9.13. The zero-order valence-corrected chi connectivity index (χ0v) is 13.2. The smallest absolute Gasteiger partial charge is 0.179 e. The normalized spacial score (nSPS) is 10.6. The number of benzene rings is 1. The van der Waals surface area contributed by atoms with Gasteiger partial charge in [0.15, 0.2) is 11.5 Å². The molecule has 0 aromatic heterocycles. The van der Waals surface area contributed by atoms with Crippen LogP contribution in [-0.4, -0.2) is 18.8 Å². The number of halogens is 1. The Morgan fingerprint density at radius 1 is 1.10 bits per heavy atom. The van der Waals surface area contributed by atoms with E-state index in [2.05, 4.69) is 6.92 Å². The predicted octanol–water partition coefficient (Wildman–Crippen LogP) is 4.58. The zero-order valence-electron chi connectivity index (χ0n) is 12.5. The number of hydrogen-bond acceptors (Lipinski definition) is 3. The highest BCUT2D eigenvalue weighted by Gasteiger charge is 2.11. The van der Waals surface area contributed by atoms with Crippen LogP contribution in [0.25, 0.3) is 0 Å². The molecule has 20 heavy (non-hydrogen) atoms. The van der Waals surface area contributed by atoms with Gasteiger partial charge in [-0.2, -0.15) is 0 Å². The molecule has 0 radical (unpaired) electrons. The van der Waals surface area contributed by atoms with Crippen LogP contribution < -0.4 is 9.47 Å². The summed E-state index contributed by atoms with van der Waals surface area (Å²) in [4.78, 5) is 0. The second-order valence-electron chi connectivity index (χ2n) is 4.88. The maximum Gasteiger partial charge on any atom is 0.179 e. The van der Waals surface area contributed by atoms with E-state index in [1.165, 1.54) is 32.1 Å². The number of rotatable bonds is 10. The summed E-state index contributed by atoms with van der Waals surface area (Å²) in [7, 11) is 1.57. The third-order valence-corrected chi connectivity index (χ3v) is 3.50. The molecule has 0 saturated carbocycles. The predicted molar refractivity (Wildman–Crippen MR) is 82.8 cm³/mol. The quantitative estimate of drug-likeness (QED) is 0.643. The van der Waals surface area contributed by atoms with E-state index in [1.807, 2.05) is 0 Å². The van der Waals surface area contributed by atoms with Crippen molar-refractivity contribution in [2.75, 3.05) is 13.7 Å². The van der Waals surface area contributed by atoms with E-state index in [0.717, 1.165) is 12.0 Å². The molecule has 0 spiro atoms. The Kier molecular flexibility index (Phi) is 8.47. The Bertz CT molecular complexity index is 394. The Morgan fingerprint density at radius 3 is 2.45 bits per heavy atom. The van der Waals surface area contributed by atoms with Crippen LogP contribution in [0, 0.1) is 0 Å². The first-order valence-corrected chi connectivity index (χ1v) is 7.70. The van der Waals surface area contributed by atoms with Crippen molar-refractivity contribution in [3.63, 3.8) is 0 Å². The Morgan fingerprint density at radius 2 is 1.80 bits per heavy atom. The minimum Gasteiger partial charge on any atom is -0.493 e. The van der Waals surface area contributed by atoms with E-state index in [0.29, 0.717) is 23.1 Å². The lowest BCUT2D eigenvalue weighted by Crippen LogP contribution is -2.01. The highest BCUT2D eigenvalue weighted by Crippen LogP contribution is 2.36. The van der Waals surface area contributed by atoms with Crippen molar-refractivity contribution in [1.82, 2.24) is 0 Å². The summed E-state index contributed by atoms with van der Waals surface area (Å²) in [5, 5.41) is 9.62. The van der Waals surface area contributed by atoms with Crippen LogP contribution in [0.4, 0.5) is 0 Å². The SMILES string of the molecule is CCCCCCCCOc1c(Cl)cc(CO)cc1OC. The van der Waals surface area contributed by atoms with Gasteiger partial charge in [0.2, 0.25) is 0 Å². The Labute approximate surface area is 126 Å². The molecule has 0 amide bonds. The second-order valence-corrected chi connectivity index (χ2v) is 5.29. The highest BCUT2D eigenvalue weighted by atomic mass is 35.5. The maximum absolute atomic E-state index is 9.13. The molecule has 0 heterocycles. The van der Waals surface area contributed by atoms with E-state index < -0.39 is 0 Å². The number of ether oxygens (including phenoxy) is 2. The van der Waals surface area contributed by atoms with Gasteiger partial charge >= 0.3 is 0 Å². The molecule has 1 aromatic carbocycles. The summed E-state index contributed by atoms with van der Waals surface area (Å²) in [5.74, 6) is 1.15. The number of aliphatic hydroxyl groups excluding tert-OH is 1. The second kappa shape index (κ2) is 9.89. The molecule has 1 N–H and O–H groups in total. The fourth-order valence-electron chi connectivity index (χ4n) is 2.06. The first-order valence-electron chi connectivity index (χ1n) is 7.33. The van der Waals surface area contributed by atoms with E-state index in [4.69, 9.17) is 26.2 Å². The fourth-order valence-corrected chi connectivity index (χ4v) is 2.35. The largest absolute Gasteiger partial charge is 0.493 e. The first-order chi connectivity index (χ1) is 9.72. The Balaban J connectivity index is 2.43. The van der Waals surface area contributed by atoms with Gasteiger partial charge in [-0.3, -0.25) is 0 Å². The summed E-state index contributed by atoms with van der Waals surface area (Å²) >= 11 is 6.16. The van der Waals surface area contributed by atoms with E-state index >= 15 is 0 Å². The van der Waals surface area contributed by atoms with Gasteiger partial charge in [-0.1, -0.05) is 50.6 Å². The molecule has 1 rings (SSSR count). The molecular formula is C16H25ClO3. The highest BCUT2D eigenvalue weighted by molar-refractivity contribution is 6.32. The van der Waals surface area contributed by atoms with E-state index in [1.54, 1.807) is 19.2 Å². The molecule has 1 aromatic rings. The lowest BCUT2D eigenvalue weighted by molar-refractivity contribution is 0.274. The van der Waals surface area contributed by atoms with Gasteiger partial charge in [0, 0.05) is 0 Å². The first kappa shape index (κ1) is 17.1. The van der Waals surface area contributed by atoms with E-state index in [9.17, 15) is 0 Å². The number of aliphatic hydroxyl groups is 1. The van der Waals surface area contributed by atoms with Crippen LogP contribution in [-0.2, 0) is 6.61 Å². The molecule has 114 valence electrons. The molecule has 0 aliphatic heterocycles. The summed E-state index contributed by atoms with van der Waals surface area (Å²) in [6.07, 6.45) is 7.32. The van der Waals surface area contributed by atoms with Crippen molar-refractivity contribution in [3.8, 4) is 11.5 Å². The monoisotopic (exact) mass is 300 g/mol. The Hall–Kier alpha value is -0.930. The topological polar surface area (TPSA) is 38.7 Å². The molecule has 0 bridgehead atoms. The van der Waals surface area contributed by atoms with Crippen LogP contribution in [0.15, 0.2) is 12.1 Å². The third kappa shape index (κ3) is 5.59. The molecule has 3 nitrogen and oxygen atoms in total. The lowest BCUT2D eigenvalue weighted by Gasteiger charge is -2.13. The number of unbranched alkanes of at least 4 members (excludes halogenated alkanes) is 5. The van der Waals surface area contributed by atoms with Gasteiger partial charge in [-0.05, 0) is 24.1 Å². The van der Waals surface area contributed by atoms with Crippen molar-refractivity contribution >= 4 is 11.6 Å². The molecule has 0 saturated heterocycles. The molecule has 4 heteroatoms. The van der Waals surface area contributed by atoms with Crippen molar-refractivity contribution in [1.29, 1.82) is 0 Å². The van der Waals surface area contributed by atoms with Gasteiger partial charge in [-0.25, -0.2) is 0 Å². The van der Waals surface area contributed by atoms with Crippen LogP contribution >= 0.6 is 11.6 Å². The average Bonchev–Trinajstić information content (AvgIpc) is 2.47. The van der Waals surface area contributed by atoms with Gasteiger partial charge in [-0.15, -0.1) is 0 Å². The molecule has 0 unspecified atom stereocenters. The summed E-state index contributed by atoms with van der Waals surface area (Å²) < 4.78 is 11.0. The molecule has 0 fully saturated rings. The van der Waals surface area contributed by atoms with Crippen LogP contribution in [0.2, 0.25) is 5.02 Å². The molecule has 0 aliphatic rings. The van der Waals surface area contributed by atoms with Gasteiger partial charge in [0.1, 0.15) is 0 Å². The van der Waals surface area contributed by atoms with Crippen molar-refractivity contribution < 1.29 is 14.6 Å². The summed E-state index contributed by atoms with van der Waals surface area (Å²) in [5.41, 5.74) is 0.721. The molecule has 0 atom stereocenters. The lowest BCUT2D eigenvalue weighted by atomic mass is 10.1. The minimum absolute atomic E-state index is 0.0617. The van der Waals surface area contributed by atoms with Crippen LogP contribution in [0.3, 0.4) is 0 Å². The minimum atomic E-state index is -0.0617. The fraction of sp³-hybridized carbons (Fsp3) is 0.625. The van der Waals surface area contributed by atoms with E-state index in [-0.39, 0.29) is 6.61 Å².